The van der Waals surface area contributed by atoms with Gasteiger partial charge in [-0.1, -0.05) is 85.0 Å². The van der Waals surface area contributed by atoms with Crippen molar-refractivity contribution >= 4 is 5.57 Å². The molecule has 2 aromatic carbocycles. The standard InChI is InChI=1S/C19H17N/c20-18-13-11-17(12-14-18)19(15-7-3-1-4-8-15)16-9-5-2-6-10-16/h1-14,18H,20H2. The predicted octanol–water partition coefficient (Wildman–Crippen LogP) is 3.94. The van der Waals surface area contributed by atoms with Crippen molar-refractivity contribution in [1.29, 1.82) is 0 Å². The van der Waals surface area contributed by atoms with Crippen LogP contribution in [-0.4, -0.2) is 6.04 Å². The molecule has 1 aliphatic carbocycles. The summed E-state index contributed by atoms with van der Waals surface area (Å²) in [6.07, 6.45) is 8.28. The van der Waals surface area contributed by atoms with Gasteiger partial charge in [0, 0.05) is 6.04 Å². The van der Waals surface area contributed by atoms with Gasteiger partial charge in [0.25, 0.3) is 0 Å². The second kappa shape index (κ2) is 5.72. The molecular weight excluding hydrogens is 242 g/mol. The molecule has 0 aromatic heterocycles. The van der Waals surface area contributed by atoms with Gasteiger partial charge in [0.05, 0.1) is 0 Å². The van der Waals surface area contributed by atoms with Gasteiger partial charge < -0.3 is 5.73 Å². The fourth-order valence-corrected chi connectivity index (χ4v) is 2.43. The lowest BCUT2D eigenvalue weighted by Gasteiger charge is -2.15. The zero-order chi connectivity index (χ0) is 13.8. The van der Waals surface area contributed by atoms with Crippen LogP contribution in [0.2, 0.25) is 0 Å². The summed E-state index contributed by atoms with van der Waals surface area (Å²) < 4.78 is 0. The molecule has 3 rings (SSSR count). The third-order valence-corrected chi connectivity index (χ3v) is 3.41. The van der Waals surface area contributed by atoms with Crippen molar-refractivity contribution in [3.8, 4) is 0 Å². The Morgan fingerprint density at radius 1 is 0.700 bits per heavy atom. The quantitative estimate of drug-likeness (QED) is 0.868. The summed E-state index contributed by atoms with van der Waals surface area (Å²) in [5.41, 5.74) is 10.8. The summed E-state index contributed by atoms with van der Waals surface area (Å²) in [7, 11) is 0. The first-order valence-electron chi connectivity index (χ1n) is 6.82. The molecule has 0 bridgehead atoms. The summed E-state index contributed by atoms with van der Waals surface area (Å²) >= 11 is 0. The van der Waals surface area contributed by atoms with E-state index in [0.29, 0.717) is 0 Å². The molecule has 0 unspecified atom stereocenters. The third-order valence-electron chi connectivity index (χ3n) is 3.41. The van der Waals surface area contributed by atoms with Crippen LogP contribution in [0.1, 0.15) is 11.1 Å². The van der Waals surface area contributed by atoms with Crippen molar-refractivity contribution < 1.29 is 0 Å². The minimum atomic E-state index is 0.0200. The number of hydrogen-bond acceptors (Lipinski definition) is 1. The van der Waals surface area contributed by atoms with E-state index in [0.717, 1.165) is 0 Å². The number of hydrogen-bond donors (Lipinski definition) is 1. The Morgan fingerprint density at radius 3 is 1.60 bits per heavy atom. The van der Waals surface area contributed by atoms with Gasteiger partial charge in [0.15, 0.2) is 0 Å². The monoisotopic (exact) mass is 259 g/mol. The molecule has 98 valence electrons. The van der Waals surface area contributed by atoms with Crippen LogP contribution >= 0.6 is 0 Å². The molecule has 2 aromatic rings. The molecule has 0 spiro atoms. The molecule has 0 heterocycles. The zero-order valence-electron chi connectivity index (χ0n) is 11.2. The topological polar surface area (TPSA) is 26.0 Å². The van der Waals surface area contributed by atoms with Crippen molar-refractivity contribution in [1.82, 2.24) is 0 Å². The lowest BCUT2D eigenvalue weighted by molar-refractivity contribution is 1.02. The number of benzene rings is 2. The van der Waals surface area contributed by atoms with Crippen LogP contribution in [-0.2, 0) is 0 Å². The largest absolute Gasteiger partial charge is 0.321 e. The maximum atomic E-state index is 5.88. The molecule has 0 amide bonds. The normalized spacial score (nSPS) is 17.2. The van der Waals surface area contributed by atoms with E-state index in [-0.39, 0.29) is 6.04 Å². The fraction of sp³-hybridized carbons (Fsp3) is 0.0526. The molecule has 1 nitrogen and oxygen atoms in total. The van der Waals surface area contributed by atoms with Crippen LogP contribution in [0.15, 0.2) is 90.5 Å². The summed E-state index contributed by atoms with van der Waals surface area (Å²) in [6.45, 7) is 0. The lowest BCUT2D eigenvalue weighted by Crippen LogP contribution is -2.15. The van der Waals surface area contributed by atoms with Crippen LogP contribution in [0.5, 0.6) is 0 Å². The van der Waals surface area contributed by atoms with Crippen LogP contribution in [0.4, 0.5) is 0 Å². The first-order chi connectivity index (χ1) is 9.84. The highest BCUT2D eigenvalue weighted by atomic mass is 14.6. The molecule has 0 saturated heterocycles. The average molecular weight is 259 g/mol. The first-order valence-corrected chi connectivity index (χ1v) is 6.82. The number of rotatable bonds is 2. The molecule has 0 saturated carbocycles. The van der Waals surface area contributed by atoms with Gasteiger partial charge in [-0.05, 0) is 22.3 Å². The van der Waals surface area contributed by atoms with E-state index in [1.165, 1.54) is 22.3 Å². The molecule has 20 heavy (non-hydrogen) atoms. The van der Waals surface area contributed by atoms with E-state index < -0.39 is 0 Å². The van der Waals surface area contributed by atoms with E-state index >= 15 is 0 Å². The van der Waals surface area contributed by atoms with Crippen LogP contribution in [0.3, 0.4) is 0 Å². The van der Waals surface area contributed by atoms with Crippen LogP contribution in [0.25, 0.3) is 5.57 Å². The highest BCUT2D eigenvalue weighted by Gasteiger charge is 2.10. The lowest BCUT2D eigenvalue weighted by atomic mass is 9.91. The summed E-state index contributed by atoms with van der Waals surface area (Å²) in [5.74, 6) is 0. The first kappa shape index (κ1) is 12.6. The highest BCUT2D eigenvalue weighted by molar-refractivity contribution is 5.85. The molecular formula is C19H17N. The zero-order valence-corrected chi connectivity index (χ0v) is 11.2. The van der Waals surface area contributed by atoms with Gasteiger partial charge in [0.2, 0.25) is 0 Å². The van der Waals surface area contributed by atoms with E-state index in [2.05, 4.69) is 60.7 Å². The Kier molecular flexibility index (Phi) is 3.62. The summed E-state index contributed by atoms with van der Waals surface area (Å²) in [6, 6.07) is 21.0. The Bertz CT molecular complexity index is 606. The average Bonchev–Trinajstić information content (AvgIpc) is 2.52. The molecule has 0 fully saturated rings. The maximum Gasteiger partial charge on any atom is 0.0416 e. The van der Waals surface area contributed by atoms with Gasteiger partial charge in [0.1, 0.15) is 0 Å². The van der Waals surface area contributed by atoms with E-state index in [1.54, 1.807) is 0 Å². The van der Waals surface area contributed by atoms with Gasteiger partial charge in [-0.2, -0.15) is 0 Å². The fourth-order valence-electron chi connectivity index (χ4n) is 2.43. The molecule has 1 heteroatoms. The Morgan fingerprint density at radius 2 is 1.15 bits per heavy atom. The van der Waals surface area contributed by atoms with Crippen molar-refractivity contribution in [2.75, 3.05) is 0 Å². The number of nitrogens with two attached hydrogens (primary N) is 1. The minimum Gasteiger partial charge on any atom is -0.321 e. The molecule has 0 aliphatic heterocycles. The Hall–Kier alpha value is -2.38. The van der Waals surface area contributed by atoms with Crippen molar-refractivity contribution in [2.45, 2.75) is 6.04 Å². The van der Waals surface area contributed by atoms with E-state index in [4.69, 9.17) is 5.73 Å². The summed E-state index contributed by atoms with van der Waals surface area (Å²) in [5, 5.41) is 0. The van der Waals surface area contributed by atoms with E-state index in [1.807, 2.05) is 24.3 Å². The van der Waals surface area contributed by atoms with Gasteiger partial charge in [-0.25, -0.2) is 0 Å². The second-order valence-corrected chi connectivity index (χ2v) is 4.86. The SMILES string of the molecule is NC1C=CC(=C(c2ccccc2)c2ccccc2)C=C1. The van der Waals surface area contributed by atoms with Gasteiger partial charge in [-0.3, -0.25) is 0 Å². The highest BCUT2D eigenvalue weighted by Crippen LogP contribution is 2.29. The van der Waals surface area contributed by atoms with E-state index in [9.17, 15) is 0 Å². The van der Waals surface area contributed by atoms with Gasteiger partial charge >= 0.3 is 0 Å². The van der Waals surface area contributed by atoms with Gasteiger partial charge in [-0.15, -0.1) is 0 Å². The smallest absolute Gasteiger partial charge is 0.0416 e. The molecule has 1 aliphatic rings. The predicted molar refractivity (Wildman–Crippen MR) is 85.2 cm³/mol. The minimum absolute atomic E-state index is 0.0200. The van der Waals surface area contributed by atoms with Crippen molar-refractivity contribution in [3.05, 3.63) is 102 Å². The van der Waals surface area contributed by atoms with Crippen LogP contribution < -0.4 is 5.73 Å². The Balaban J connectivity index is 2.18. The van der Waals surface area contributed by atoms with Crippen molar-refractivity contribution in [2.24, 2.45) is 5.73 Å². The van der Waals surface area contributed by atoms with Crippen molar-refractivity contribution in [3.63, 3.8) is 0 Å². The molecule has 0 radical (unpaired) electrons. The molecule has 2 N–H and O–H groups in total. The number of allylic oxidation sites excluding steroid dienone is 3. The molecule has 0 atom stereocenters. The maximum absolute atomic E-state index is 5.88. The Labute approximate surface area is 119 Å². The third kappa shape index (κ3) is 2.63. The van der Waals surface area contributed by atoms with Crippen LogP contribution in [0, 0.1) is 0 Å². The second-order valence-electron chi connectivity index (χ2n) is 4.86. The summed E-state index contributed by atoms with van der Waals surface area (Å²) in [4.78, 5) is 0.